The number of hydrogen-bond donors (Lipinski definition) is 0. The van der Waals surface area contributed by atoms with Crippen molar-refractivity contribution in [1.29, 1.82) is 0 Å². The fraction of sp³-hybridized carbons (Fsp3) is 0.125. The summed E-state index contributed by atoms with van der Waals surface area (Å²) in [5, 5.41) is 0. The monoisotopic (exact) mass is 920 g/mol. The molecule has 0 bridgehead atoms. The normalized spacial score (nSPS) is 14.4. The Morgan fingerprint density at radius 1 is 0.800 bits per heavy atom. The number of esters is 3. The minimum Gasteiger partial charge on any atom is -0.454 e. The fourth-order valence-corrected chi connectivity index (χ4v) is 8.25. The molecule has 35 heavy (non-hydrogen) atoms. The number of halogens is 4. The van der Waals surface area contributed by atoms with E-state index in [1.165, 1.54) is 13.8 Å². The molecule has 0 fully saturated rings. The van der Waals surface area contributed by atoms with Crippen molar-refractivity contribution < 1.29 is 33.3 Å². The molecule has 0 radical (unpaired) electrons. The van der Waals surface area contributed by atoms with Gasteiger partial charge in [-0.3, -0.25) is 9.59 Å². The Bertz CT molecular complexity index is 1400. The number of carbonyl (C=O) groups is 3. The van der Waals surface area contributed by atoms with Gasteiger partial charge in [0, 0.05) is 19.4 Å². The molecule has 2 aliphatic rings. The molecule has 3 aromatic rings. The molecule has 0 saturated heterocycles. The Morgan fingerprint density at radius 2 is 1.29 bits per heavy atom. The highest BCUT2D eigenvalue weighted by atomic mass is 127. The number of rotatable bonds is 2. The summed E-state index contributed by atoms with van der Waals surface area (Å²) >= 11 is 8.32. The minimum absolute atomic E-state index is 0.356. The quantitative estimate of drug-likeness (QED) is 0.165. The molecular weight excluding hydrogens is 908 g/mol. The van der Waals surface area contributed by atoms with Crippen molar-refractivity contribution in [2.24, 2.45) is 0 Å². The van der Waals surface area contributed by atoms with Crippen molar-refractivity contribution in [3.8, 4) is 23.0 Å². The molecule has 2 heterocycles. The van der Waals surface area contributed by atoms with Crippen LogP contribution in [-0.2, 0) is 19.9 Å². The van der Waals surface area contributed by atoms with Crippen LogP contribution in [0.25, 0.3) is 0 Å². The van der Waals surface area contributed by atoms with E-state index in [0.29, 0.717) is 59.5 Å². The summed E-state index contributed by atoms with van der Waals surface area (Å²) in [6.07, 6.45) is 0. The van der Waals surface area contributed by atoms with Crippen molar-refractivity contribution in [2.45, 2.75) is 19.4 Å². The van der Waals surface area contributed by atoms with Gasteiger partial charge >= 0.3 is 17.9 Å². The van der Waals surface area contributed by atoms with Gasteiger partial charge in [-0.2, -0.15) is 0 Å². The Balaban J connectivity index is 1.90. The topological polar surface area (TPSA) is 88.1 Å². The highest BCUT2D eigenvalue weighted by Crippen LogP contribution is 2.60. The lowest BCUT2D eigenvalue weighted by molar-refractivity contribution is -0.132. The maximum Gasteiger partial charge on any atom is 0.340 e. The lowest BCUT2D eigenvalue weighted by atomic mass is 9.77. The van der Waals surface area contributed by atoms with E-state index in [-0.39, 0.29) is 0 Å². The minimum atomic E-state index is -1.31. The molecule has 0 saturated carbocycles. The fourth-order valence-electron chi connectivity index (χ4n) is 4.23. The largest absolute Gasteiger partial charge is 0.454 e. The predicted molar refractivity (Wildman–Crippen MR) is 158 cm³/mol. The SMILES string of the molecule is CC(=O)Oc1c(I)cc2c(c1I)Oc1c(cc(I)c(OC(C)=O)c1I)C21OC(=O)c2ccccc21. The zero-order chi connectivity index (χ0) is 25.2. The second-order valence-corrected chi connectivity index (χ2v) is 12.1. The van der Waals surface area contributed by atoms with Gasteiger partial charge in [0.25, 0.3) is 0 Å². The van der Waals surface area contributed by atoms with Crippen LogP contribution in [0.5, 0.6) is 23.0 Å². The molecule has 7 nitrogen and oxygen atoms in total. The molecule has 0 N–H and O–H groups in total. The van der Waals surface area contributed by atoms with Crippen LogP contribution >= 0.6 is 90.4 Å². The average molecular weight is 920 g/mol. The van der Waals surface area contributed by atoms with Gasteiger partial charge in [-0.25, -0.2) is 4.79 Å². The van der Waals surface area contributed by atoms with E-state index in [1.54, 1.807) is 12.1 Å². The Kier molecular flexibility index (Phi) is 6.74. The van der Waals surface area contributed by atoms with Gasteiger partial charge in [-0.15, -0.1) is 0 Å². The zero-order valence-electron chi connectivity index (χ0n) is 17.8. The third-order valence-corrected chi connectivity index (χ3v) is 9.05. The van der Waals surface area contributed by atoms with Crippen LogP contribution in [-0.4, -0.2) is 17.9 Å². The third-order valence-electron chi connectivity index (χ3n) is 5.49. The van der Waals surface area contributed by atoms with Crippen molar-refractivity contribution in [3.05, 3.63) is 72.9 Å². The van der Waals surface area contributed by atoms with Crippen molar-refractivity contribution in [2.75, 3.05) is 0 Å². The predicted octanol–water partition coefficient (Wildman–Crippen LogP) is 6.52. The summed E-state index contributed by atoms with van der Waals surface area (Å²) in [4.78, 5) is 36.7. The number of carbonyl (C=O) groups excluding carboxylic acids is 3. The van der Waals surface area contributed by atoms with Crippen LogP contribution in [0.3, 0.4) is 0 Å². The smallest absolute Gasteiger partial charge is 0.340 e. The van der Waals surface area contributed by atoms with E-state index < -0.39 is 23.5 Å². The molecule has 0 aliphatic carbocycles. The molecule has 3 aromatic carbocycles. The van der Waals surface area contributed by atoms with Crippen molar-refractivity contribution in [1.82, 2.24) is 0 Å². The summed E-state index contributed by atoms with van der Waals surface area (Å²) in [5.41, 5.74) is 1.04. The van der Waals surface area contributed by atoms with Gasteiger partial charge in [0.1, 0.15) is 7.14 Å². The molecule has 0 unspecified atom stereocenters. The standard InChI is InChI=1S/C24H12I4O7/c1-9(29)32-21-15(25)7-13-19(17(21)27)34-20-14(8-16(26)22(18(20)28)33-10(2)30)24(13)12-6-4-3-5-11(12)23(31)35-24/h3-8H,1-2H3. The second-order valence-electron chi connectivity index (χ2n) is 7.66. The van der Waals surface area contributed by atoms with Crippen LogP contribution in [0.1, 0.15) is 40.9 Å². The Hall–Kier alpha value is -1.21. The Morgan fingerprint density at radius 3 is 1.77 bits per heavy atom. The molecule has 0 amide bonds. The van der Waals surface area contributed by atoms with Gasteiger partial charge in [0.2, 0.25) is 0 Å². The molecule has 178 valence electrons. The summed E-state index contributed by atoms with van der Waals surface area (Å²) in [5.74, 6) is 0.113. The maximum absolute atomic E-state index is 13.1. The number of fused-ring (bicyclic) bond motifs is 6. The zero-order valence-corrected chi connectivity index (χ0v) is 26.5. The van der Waals surface area contributed by atoms with Crippen molar-refractivity contribution >= 4 is 108 Å². The molecule has 5 rings (SSSR count). The van der Waals surface area contributed by atoms with E-state index in [9.17, 15) is 14.4 Å². The van der Waals surface area contributed by atoms with E-state index >= 15 is 0 Å². The highest BCUT2D eigenvalue weighted by molar-refractivity contribution is 14.1. The second kappa shape index (κ2) is 9.27. The van der Waals surface area contributed by atoms with Crippen LogP contribution in [0.15, 0.2) is 36.4 Å². The van der Waals surface area contributed by atoms with Gasteiger partial charge < -0.3 is 18.9 Å². The first-order valence-corrected chi connectivity index (χ1v) is 14.3. The summed E-state index contributed by atoms with van der Waals surface area (Å²) in [7, 11) is 0. The number of benzene rings is 3. The van der Waals surface area contributed by atoms with Gasteiger partial charge in [-0.1, -0.05) is 18.2 Å². The van der Waals surface area contributed by atoms with Gasteiger partial charge in [0.05, 0.1) is 23.8 Å². The van der Waals surface area contributed by atoms with E-state index in [0.717, 1.165) is 0 Å². The molecular formula is C24H12I4O7. The average Bonchev–Trinajstić information content (AvgIpc) is 3.09. The maximum atomic E-state index is 13.1. The highest BCUT2D eigenvalue weighted by Gasteiger charge is 2.55. The molecule has 0 atom stereocenters. The first kappa shape index (κ1) is 25.4. The summed E-state index contributed by atoms with van der Waals surface area (Å²) in [6.45, 7) is 2.66. The van der Waals surface area contributed by atoms with Crippen LogP contribution in [0, 0.1) is 14.3 Å². The van der Waals surface area contributed by atoms with Crippen molar-refractivity contribution in [3.63, 3.8) is 0 Å². The van der Waals surface area contributed by atoms with E-state index in [2.05, 4.69) is 90.4 Å². The molecule has 2 aliphatic heterocycles. The van der Waals surface area contributed by atoms with Crippen LogP contribution in [0.2, 0.25) is 0 Å². The number of hydrogen-bond acceptors (Lipinski definition) is 7. The van der Waals surface area contributed by atoms with E-state index in [1.807, 2.05) is 24.3 Å². The first-order valence-electron chi connectivity index (χ1n) is 9.98. The molecule has 11 heteroatoms. The third kappa shape index (κ3) is 3.94. The summed E-state index contributed by atoms with van der Waals surface area (Å²) < 4.78 is 26.0. The Labute approximate surface area is 254 Å². The molecule has 1 spiro atoms. The molecule has 0 aromatic heterocycles. The van der Waals surface area contributed by atoms with Crippen LogP contribution in [0.4, 0.5) is 0 Å². The number of ether oxygens (including phenoxy) is 4. The lowest BCUT2D eigenvalue weighted by Gasteiger charge is -2.38. The van der Waals surface area contributed by atoms with Crippen LogP contribution < -0.4 is 14.2 Å². The lowest BCUT2D eigenvalue weighted by Crippen LogP contribution is -2.34. The first-order chi connectivity index (χ1) is 16.6. The summed E-state index contributed by atoms with van der Waals surface area (Å²) in [6, 6.07) is 10.9. The van der Waals surface area contributed by atoms with Gasteiger partial charge in [0.15, 0.2) is 28.6 Å². The van der Waals surface area contributed by atoms with E-state index in [4.69, 9.17) is 18.9 Å². The van der Waals surface area contributed by atoms with Gasteiger partial charge in [-0.05, 0) is 109 Å².